The lowest BCUT2D eigenvalue weighted by Crippen LogP contribution is -2.27. The van der Waals surface area contributed by atoms with E-state index in [1.165, 1.54) is 10.8 Å². The van der Waals surface area contributed by atoms with Crippen molar-refractivity contribution in [2.75, 3.05) is 6.61 Å². The topological polar surface area (TPSA) is 100 Å². The minimum atomic E-state index is -0.613. The van der Waals surface area contributed by atoms with Crippen molar-refractivity contribution >= 4 is 11.9 Å². The molecule has 1 heterocycles. The average molecular weight is 252 g/mol. The standard InChI is InChI=1S/C11H16N4O3/c1-4-6-18-11(17)9-7(3)15(14-13-9)8(5-2)10(12)16/h4,8H,1,5-6H2,2-3H3,(H2,12,16). The number of amides is 1. The maximum atomic E-state index is 11.6. The Bertz CT molecular complexity index is 467. The van der Waals surface area contributed by atoms with E-state index >= 15 is 0 Å². The van der Waals surface area contributed by atoms with Crippen LogP contribution in [0, 0.1) is 6.92 Å². The molecule has 0 spiro atoms. The molecule has 1 rings (SSSR count). The van der Waals surface area contributed by atoms with Crippen molar-refractivity contribution in [1.29, 1.82) is 0 Å². The van der Waals surface area contributed by atoms with Crippen molar-refractivity contribution < 1.29 is 14.3 Å². The van der Waals surface area contributed by atoms with Gasteiger partial charge in [-0.1, -0.05) is 24.8 Å². The lowest BCUT2D eigenvalue weighted by Gasteiger charge is -2.12. The van der Waals surface area contributed by atoms with Crippen LogP contribution in [0.4, 0.5) is 0 Å². The summed E-state index contributed by atoms with van der Waals surface area (Å²) in [6.07, 6.45) is 1.93. The number of hydrogen-bond donors (Lipinski definition) is 1. The fraction of sp³-hybridized carbons (Fsp3) is 0.455. The summed E-state index contributed by atoms with van der Waals surface area (Å²) in [6.45, 7) is 6.97. The first kappa shape index (κ1) is 13.9. The Balaban J connectivity index is 2.99. The van der Waals surface area contributed by atoms with Crippen molar-refractivity contribution in [2.24, 2.45) is 5.73 Å². The fourth-order valence-electron chi connectivity index (χ4n) is 1.52. The van der Waals surface area contributed by atoms with Crippen LogP contribution in [0.1, 0.15) is 35.6 Å². The first-order valence-electron chi connectivity index (χ1n) is 5.52. The average Bonchev–Trinajstić information content (AvgIpc) is 2.69. The molecule has 0 aliphatic heterocycles. The van der Waals surface area contributed by atoms with Crippen LogP contribution in [-0.4, -0.2) is 33.5 Å². The minimum Gasteiger partial charge on any atom is -0.457 e. The van der Waals surface area contributed by atoms with Gasteiger partial charge in [0.2, 0.25) is 5.91 Å². The Morgan fingerprint density at radius 2 is 2.28 bits per heavy atom. The molecule has 98 valence electrons. The molecule has 7 heteroatoms. The Morgan fingerprint density at radius 3 is 2.78 bits per heavy atom. The molecule has 0 saturated carbocycles. The highest BCUT2D eigenvalue weighted by Gasteiger charge is 2.24. The molecule has 0 aliphatic carbocycles. The number of primary amides is 1. The molecule has 0 bridgehead atoms. The zero-order chi connectivity index (χ0) is 13.7. The van der Waals surface area contributed by atoms with E-state index < -0.39 is 17.9 Å². The third kappa shape index (κ3) is 2.73. The molecule has 0 aliphatic rings. The highest BCUT2D eigenvalue weighted by atomic mass is 16.5. The Hall–Kier alpha value is -2.18. The smallest absolute Gasteiger partial charge is 0.361 e. The van der Waals surface area contributed by atoms with Gasteiger partial charge >= 0.3 is 5.97 Å². The number of ether oxygens (including phenoxy) is 1. The predicted octanol–water partition coefficient (Wildman–Crippen LogP) is 0.366. The third-order valence-corrected chi connectivity index (χ3v) is 2.46. The van der Waals surface area contributed by atoms with E-state index in [1.54, 1.807) is 13.8 Å². The van der Waals surface area contributed by atoms with Gasteiger partial charge in [-0.2, -0.15) is 0 Å². The molecule has 7 nitrogen and oxygen atoms in total. The highest BCUT2D eigenvalue weighted by Crippen LogP contribution is 2.14. The first-order valence-corrected chi connectivity index (χ1v) is 5.52. The van der Waals surface area contributed by atoms with Gasteiger partial charge in [-0.3, -0.25) is 4.79 Å². The van der Waals surface area contributed by atoms with E-state index in [0.717, 1.165) is 0 Å². The maximum absolute atomic E-state index is 11.6. The van der Waals surface area contributed by atoms with Crippen LogP contribution < -0.4 is 5.73 Å². The van der Waals surface area contributed by atoms with Gasteiger partial charge in [-0.05, 0) is 13.3 Å². The van der Waals surface area contributed by atoms with Crippen LogP contribution in [0.3, 0.4) is 0 Å². The lowest BCUT2D eigenvalue weighted by atomic mass is 10.2. The highest BCUT2D eigenvalue weighted by molar-refractivity contribution is 5.88. The summed E-state index contributed by atoms with van der Waals surface area (Å²) in [7, 11) is 0. The first-order chi connectivity index (χ1) is 8.52. The maximum Gasteiger partial charge on any atom is 0.361 e. The van der Waals surface area contributed by atoms with E-state index in [9.17, 15) is 9.59 Å². The lowest BCUT2D eigenvalue weighted by molar-refractivity contribution is -0.121. The third-order valence-electron chi connectivity index (χ3n) is 2.46. The number of carbonyl (C=O) groups is 2. The van der Waals surface area contributed by atoms with E-state index in [2.05, 4.69) is 16.9 Å². The van der Waals surface area contributed by atoms with Crippen LogP contribution in [0.25, 0.3) is 0 Å². The number of carbonyl (C=O) groups excluding carboxylic acids is 2. The van der Waals surface area contributed by atoms with E-state index in [-0.39, 0.29) is 12.3 Å². The quantitative estimate of drug-likeness (QED) is 0.582. The SMILES string of the molecule is C=CCOC(=O)c1nnn(C(CC)C(N)=O)c1C. The number of hydrogen-bond acceptors (Lipinski definition) is 5. The van der Waals surface area contributed by atoms with Gasteiger partial charge in [0.05, 0.1) is 5.69 Å². The van der Waals surface area contributed by atoms with Crippen LogP contribution >= 0.6 is 0 Å². The molecule has 1 atom stereocenters. The monoisotopic (exact) mass is 252 g/mol. The van der Waals surface area contributed by atoms with Crippen molar-refractivity contribution in [2.45, 2.75) is 26.3 Å². The number of nitrogens with zero attached hydrogens (tertiary/aromatic N) is 3. The molecule has 18 heavy (non-hydrogen) atoms. The van der Waals surface area contributed by atoms with Crippen molar-refractivity contribution in [3.8, 4) is 0 Å². The largest absolute Gasteiger partial charge is 0.457 e. The molecular weight excluding hydrogens is 236 g/mol. The van der Waals surface area contributed by atoms with Gasteiger partial charge in [-0.25, -0.2) is 9.48 Å². The molecule has 0 fully saturated rings. The second kappa shape index (κ2) is 5.95. The van der Waals surface area contributed by atoms with Crippen molar-refractivity contribution in [3.05, 3.63) is 24.0 Å². The minimum absolute atomic E-state index is 0.0801. The summed E-state index contributed by atoms with van der Waals surface area (Å²) in [5.41, 5.74) is 5.79. The van der Waals surface area contributed by atoms with Crippen LogP contribution in [0.2, 0.25) is 0 Å². The van der Waals surface area contributed by atoms with Gasteiger partial charge in [0.15, 0.2) is 5.69 Å². The number of esters is 1. The molecule has 1 aromatic rings. The van der Waals surface area contributed by atoms with E-state index in [0.29, 0.717) is 12.1 Å². The molecule has 2 N–H and O–H groups in total. The summed E-state index contributed by atoms with van der Waals surface area (Å²) < 4.78 is 6.20. The van der Waals surface area contributed by atoms with Crippen LogP contribution in [0.15, 0.2) is 12.7 Å². The molecule has 0 aromatic carbocycles. The Labute approximate surface area is 105 Å². The normalized spacial score (nSPS) is 11.9. The summed E-state index contributed by atoms with van der Waals surface area (Å²) >= 11 is 0. The molecule has 1 amide bonds. The number of nitrogens with two attached hydrogens (primary N) is 1. The van der Waals surface area contributed by atoms with Gasteiger partial charge in [0, 0.05) is 0 Å². The second-order valence-electron chi connectivity index (χ2n) is 3.68. The predicted molar refractivity (Wildman–Crippen MR) is 63.8 cm³/mol. The van der Waals surface area contributed by atoms with E-state index in [4.69, 9.17) is 10.5 Å². The second-order valence-corrected chi connectivity index (χ2v) is 3.68. The summed E-state index contributed by atoms with van der Waals surface area (Å²) in [5, 5.41) is 7.49. The zero-order valence-corrected chi connectivity index (χ0v) is 10.4. The van der Waals surface area contributed by atoms with Gasteiger partial charge < -0.3 is 10.5 Å². The Morgan fingerprint density at radius 1 is 1.61 bits per heavy atom. The van der Waals surface area contributed by atoms with E-state index in [1.807, 2.05) is 0 Å². The summed E-state index contributed by atoms with van der Waals surface area (Å²) in [6, 6.07) is -0.613. The zero-order valence-electron chi connectivity index (χ0n) is 10.4. The van der Waals surface area contributed by atoms with Gasteiger partial charge in [0.1, 0.15) is 12.6 Å². The van der Waals surface area contributed by atoms with Gasteiger partial charge in [-0.15, -0.1) is 5.10 Å². The summed E-state index contributed by atoms with van der Waals surface area (Å²) in [4.78, 5) is 22.9. The van der Waals surface area contributed by atoms with Crippen LogP contribution in [0.5, 0.6) is 0 Å². The fourth-order valence-corrected chi connectivity index (χ4v) is 1.52. The number of aromatic nitrogens is 3. The molecule has 0 saturated heterocycles. The van der Waals surface area contributed by atoms with Crippen molar-refractivity contribution in [1.82, 2.24) is 15.0 Å². The molecule has 0 radical (unpaired) electrons. The van der Waals surface area contributed by atoms with Crippen LogP contribution in [-0.2, 0) is 9.53 Å². The number of rotatable bonds is 6. The molecule has 1 unspecified atom stereocenters. The van der Waals surface area contributed by atoms with Gasteiger partial charge in [0.25, 0.3) is 0 Å². The Kier molecular flexibility index (Phi) is 4.59. The summed E-state index contributed by atoms with van der Waals surface area (Å²) in [5.74, 6) is -1.12. The molecular formula is C11H16N4O3. The molecule has 1 aromatic heterocycles. The van der Waals surface area contributed by atoms with Crippen molar-refractivity contribution in [3.63, 3.8) is 0 Å².